The van der Waals surface area contributed by atoms with Gasteiger partial charge in [-0.25, -0.2) is 13.1 Å². The van der Waals surface area contributed by atoms with Crippen molar-refractivity contribution in [3.8, 4) is 0 Å². The Labute approximate surface area is 157 Å². The fourth-order valence-corrected chi connectivity index (χ4v) is 5.95. The highest BCUT2D eigenvalue weighted by Gasteiger charge is 2.24. The van der Waals surface area contributed by atoms with Crippen molar-refractivity contribution >= 4 is 10.0 Å². The average Bonchev–Trinajstić information content (AvgIpc) is 2.58. The van der Waals surface area contributed by atoms with E-state index < -0.39 is 10.0 Å². The monoisotopic (exact) mass is 371 g/mol. The van der Waals surface area contributed by atoms with Gasteiger partial charge in [0.25, 0.3) is 0 Å². The molecule has 1 atom stereocenters. The third kappa shape index (κ3) is 3.86. The molecule has 1 N–H and O–H groups in total. The molecule has 1 aliphatic carbocycles. The van der Waals surface area contributed by atoms with Gasteiger partial charge in [-0.15, -0.1) is 0 Å². The van der Waals surface area contributed by atoms with Gasteiger partial charge >= 0.3 is 0 Å². The SMILES string of the molecule is CC[C@@H](NS(=O)(=O)c1c(C)cc(C)cc1C)c1ccc2c(c1)CCCC2. The molecule has 0 spiro atoms. The van der Waals surface area contributed by atoms with E-state index in [1.165, 1.54) is 24.0 Å². The second-order valence-electron chi connectivity index (χ2n) is 7.55. The average molecular weight is 372 g/mol. The van der Waals surface area contributed by atoms with Crippen molar-refractivity contribution in [2.24, 2.45) is 0 Å². The molecule has 3 rings (SSSR count). The lowest BCUT2D eigenvalue weighted by molar-refractivity contribution is 0.548. The summed E-state index contributed by atoms with van der Waals surface area (Å²) >= 11 is 0. The molecule has 0 saturated carbocycles. The molecule has 0 unspecified atom stereocenters. The van der Waals surface area contributed by atoms with Crippen LogP contribution in [0, 0.1) is 20.8 Å². The second-order valence-corrected chi connectivity index (χ2v) is 9.20. The smallest absolute Gasteiger partial charge is 0.207 e. The molecule has 0 heterocycles. The van der Waals surface area contributed by atoms with Crippen molar-refractivity contribution in [1.29, 1.82) is 0 Å². The Morgan fingerprint density at radius 2 is 1.58 bits per heavy atom. The standard InChI is InChI=1S/C22H29NO2S/c1-5-21(20-11-10-18-8-6-7-9-19(18)14-20)23-26(24,25)22-16(3)12-15(2)13-17(22)4/h10-14,21,23H,5-9H2,1-4H3/t21-/m1/s1. The van der Waals surface area contributed by atoms with Gasteiger partial charge in [-0.3, -0.25) is 0 Å². The Kier molecular flexibility index (Phi) is 5.54. The van der Waals surface area contributed by atoms with E-state index in [-0.39, 0.29) is 6.04 Å². The molecule has 0 amide bonds. The lowest BCUT2D eigenvalue weighted by Crippen LogP contribution is -2.29. The predicted octanol–water partition coefficient (Wildman–Crippen LogP) is 4.92. The summed E-state index contributed by atoms with van der Waals surface area (Å²) in [5.74, 6) is 0. The molecule has 3 nitrogen and oxygen atoms in total. The minimum absolute atomic E-state index is 0.202. The van der Waals surface area contributed by atoms with Crippen molar-refractivity contribution in [2.45, 2.75) is 70.7 Å². The van der Waals surface area contributed by atoms with Crippen LogP contribution in [0.1, 0.15) is 65.6 Å². The maximum absolute atomic E-state index is 13.1. The molecule has 0 aromatic heterocycles. The van der Waals surface area contributed by atoms with Crippen molar-refractivity contribution in [2.75, 3.05) is 0 Å². The molecule has 1 aliphatic rings. The summed E-state index contributed by atoms with van der Waals surface area (Å²) in [6.45, 7) is 7.76. The van der Waals surface area contributed by atoms with Gasteiger partial charge in [-0.2, -0.15) is 0 Å². The molecule has 4 heteroatoms. The van der Waals surface area contributed by atoms with Crippen LogP contribution in [0.2, 0.25) is 0 Å². The summed E-state index contributed by atoms with van der Waals surface area (Å²) in [6.07, 6.45) is 5.44. The molecule has 2 aromatic rings. The van der Waals surface area contributed by atoms with E-state index in [0.29, 0.717) is 4.90 Å². The Morgan fingerprint density at radius 1 is 0.962 bits per heavy atom. The first-order valence-corrected chi connectivity index (χ1v) is 11.0. The van der Waals surface area contributed by atoms with Crippen LogP contribution in [0.15, 0.2) is 35.2 Å². The van der Waals surface area contributed by atoms with Crippen molar-refractivity contribution in [1.82, 2.24) is 4.72 Å². The highest BCUT2D eigenvalue weighted by atomic mass is 32.2. The molecule has 2 aromatic carbocycles. The summed E-state index contributed by atoms with van der Waals surface area (Å²) in [6, 6.07) is 10.1. The number of nitrogens with one attached hydrogen (secondary N) is 1. The first-order chi connectivity index (χ1) is 12.3. The Balaban J connectivity index is 1.93. The summed E-state index contributed by atoms with van der Waals surface area (Å²) < 4.78 is 29.2. The van der Waals surface area contributed by atoms with E-state index in [1.54, 1.807) is 0 Å². The topological polar surface area (TPSA) is 46.2 Å². The van der Waals surface area contributed by atoms with Gasteiger partial charge in [0.15, 0.2) is 0 Å². The van der Waals surface area contributed by atoms with E-state index >= 15 is 0 Å². The predicted molar refractivity (Wildman–Crippen MR) is 107 cm³/mol. The largest absolute Gasteiger partial charge is 0.241 e. The minimum Gasteiger partial charge on any atom is -0.207 e. The van der Waals surface area contributed by atoms with Gasteiger partial charge < -0.3 is 0 Å². The highest BCUT2D eigenvalue weighted by Crippen LogP contribution is 2.28. The summed E-state index contributed by atoms with van der Waals surface area (Å²) in [5, 5.41) is 0. The third-order valence-electron chi connectivity index (χ3n) is 5.35. The van der Waals surface area contributed by atoms with Gasteiger partial charge in [-0.1, -0.05) is 42.8 Å². The van der Waals surface area contributed by atoms with E-state index in [0.717, 1.165) is 41.5 Å². The lowest BCUT2D eigenvalue weighted by Gasteiger charge is -2.22. The molecule has 26 heavy (non-hydrogen) atoms. The number of aryl methyl sites for hydroxylation is 5. The fraction of sp³-hybridized carbons (Fsp3) is 0.455. The maximum Gasteiger partial charge on any atom is 0.241 e. The summed E-state index contributed by atoms with van der Waals surface area (Å²) in [4.78, 5) is 0.416. The van der Waals surface area contributed by atoms with Crippen LogP contribution in [0.25, 0.3) is 0 Å². The van der Waals surface area contributed by atoms with Crippen LogP contribution in [-0.2, 0) is 22.9 Å². The van der Waals surface area contributed by atoms with E-state index in [4.69, 9.17) is 0 Å². The second kappa shape index (κ2) is 7.53. The zero-order chi connectivity index (χ0) is 18.9. The summed E-state index contributed by atoms with van der Waals surface area (Å²) in [5.41, 5.74) is 6.56. The molecule has 0 fully saturated rings. The van der Waals surface area contributed by atoms with E-state index in [1.807, 2.05) is 39.8 Å². The number of benzene rings is 2. The number of hydrogen-bond acceptors (Lipinski definition) is 2. The van der Waals surface area contributed by atoms with Crippen LogP contribution in [0.3, 0.4) is 0 Å². The molecular formula is C22H29NO2S. The van der Waals surface area contributed by atoms with Gasteiger partial charge in [0, 0.05) is 6.04 Å². The molecule has 140 valence electrons. The number of sulfonamides is 1. The van der Waals surface area contributed by atoms with Gasteiger partial charge in [0.1, 0.15) is 0 Å². The molecule has 0 radical (unpaired) electrons. The van der Waals surface area contributed by atoms with Gasteiger partial charge in [-0.05, 0) is 80.7 Å². The molecule has 0 saturated heterocycles. The number of rotatable bonds is 5. The van der Waals surface area contributed by atoms with E-state index in [2.05, 4.69) is 22.9 Å². The Hall–Kier alpha value is -1.65. The third-order valence-corrected chi connectivity index (χ3v) is 7.13. The fourth-order valence-electron chi connectivity index (χ4n) is 4.19. The van der Waals surface area contributed by atoms with Gasteiger partial charge in [0.2, 0.25) is 10.0 Å². The normalized spacial score (nSPS) is 15.5. The van der Waals surface area contributed by atoms with E-state index in [9.17, 15) is 8.42 Å². The maximum atomic E-state index is 13.1. The van der Waals surface area contributed by atoms with Crippen LogP contribution >= 0.6 is 0 Å². The molecule has 0 aliphatic heterocycles. The molecular weight excluding hydrogens is 342 g/mol. The zero-order valence-electron chi connectivity index (χ0n) is 16.2. The lowest BCUT2D eigenvalue weighted by atomic mass is 9.89. The summed E-state index contributed by atoms with van der Waals surface area (Å²) in [7, 11) is -3.57. The number of fused-ring (bicyclic) bond motifs is 1. The highest BCUT2D eigenvalue weighted by molar-refractivity contribution is 7.89. The van der Waals surface area contributed by atoms with Crippen molar-refractivity contribution < 1.29 is 8.42 Å². The number of hydrogen-bond donors (Lipinski definition) is 1. The van der Waals surface area contributed by atoms with Crippen LogP contribution < -0.4 is 4.72 Å². The zero-order valence-corrected chi connectivity index (χ0v) is 17.0. The quantitative estimate of drug-likeness (QED) is 0.811. The molecule has 0 bridgehead atoms. The first-order valence-electron chi connectivity index (χ1n) is 9.53. The van der Waals surface area contributed by atoms with Crippen LogP contribution in [-0.4, -0.2) is 8.42 Å². The Morgan fingerprint density at radius 3 is 2.19 bits per heavy atom. The van der Waals surface area contributed by atoms with Crippen LogP contribution in [0.5, 0.6) is 0 Å². The van der Waals surface area contributed by atoms with Gasteiger partial charge in [0.05, 0.1) is 4.90 Å². The minimum atomic E-state index is -3.57. The first kappa shape index (κ1) is 19.1. The van der Waals surface area contributed by atoms with Crippen LogP contribution in [0.4, 0.5) is 0 Å². The van der Waals surface area contributed by atoms with Crippen molar-refractivity contribution in [3.05, 3.63) is 63.7 Å². The Bertz CT molecular complexity index is 893. The van der Waals surface area contributed by atoms with Crippen molar-refractivity contribution in [3.63, 3.8) is 0 Å².